The summed E-state index contributed by atoms with van der Waals surface area (Å²) in [7, 11) is -2.46. The summed E-state index contributed by atoms with van der Waals surface area (Å²) in [6.45, 7) is 22.3. The minimum Gasteiger partial charge on any atom is -0.489 e. The average Bonchev–Trinajstić information content (AvgIpc) is 1.69. The third-order valence-electron chi connectivity index (χ3n) is 12.1. The van der Waals surface area contributed by atoms with Gasteiger partial charge < -0.3 is 54.1 Å². The number of nitrogens with one attached hydrogen (secondary N) is 3. The molecule has 0 spiro atoms. The van der Waals surface area contributed by atoms with E-state index in [1.54, 1.807) is 16.9 Å². The van der Waals surface area contributed by atoms with Gasteiger partial charge in [-0.3, -0.25) is 34.0 Å². The molecule has 3 aromatic carbocycles. The lowest BCUT2D eigenvalue weighted by atomic mass is 9.92. The minimum absolute atomic E-state index is 0.0223. The van der Waals surface area contributed by atoms with E-state index in [2.05, 4.69) is 73.0 Å². The zero-order valence-electron chi connectivity index (χ0n) is 49.7. The largest absolute Gasteiger partial charge is 0.489 e. The van der Waals surface area contributed by atoms with Gasteiger partial charge in [0, 0.05) is 49.8 Å². The van der Waals surface area contributed by atoms with Crippen LogP contribution in [0.4, 0.5) is 39.0 Å². The highest BCUT2D eigenvalue weighted by atomic mass is 35.5. The van der Waals surface area contributed by atoms with E-state index in [0.29, 0.717) is 47.1 Å². The molecule has 2 aromatic heterocycles. The van der Waals surface area contributed by atoms with E-state index >= 15 is 0 Å². The minimum atomic E-state index is -4.10. The molecule has 0 bridgehead atoms. The quantitative estimate of drug-likeness (QED) is 0.0305. The van der Waals surface area contributed by atoms with E-state index in [9.17, 15) is 28.1 Å². The number of benzene rings is 3. The number of hydrogen-bond acceptors (Lipinski definition) is 17. The van der Waals surface area contributed by atoms with Crippen LogP contribution in [0.2, 0.25) is 5.28 Å². The Morgan fingerprint density at radius 1 is 1.06 bits per heavy atom. The van der Waals surface area contributed by atoms with E-state index in [4.69, 9.17) is 81.9 Å². The van der Waals surface area contributed by atoms with Crippen LogP contribution in [0.5, 0.6) is 11.5 Å². The normalized spacial score (nSPS) is 15.1. The van der Waals surface area contributed by atoms with Gasteiger partial charge in [-0.15, -0.1) is 18.0 Å². The molecule has 5 aromatic rings. The molecule has 0 aliphatic carbocycles. The van der Waals surface area contributed by atoms with Gasteiger partial charge in [0.05, 0.1) is 55.1 Å². The Bertz CT molecular complexity index is 3300. The maximum atomic E-state index is 14.5. The number of carboxylic acids is 1. The van der Waals surface area contributed by atoms with Gasteiger partial charge in [-0.05, 0) is 101 Å². The Kier molecular flexibility index (Phi) is 28.0. The van der Waals surface area contributed by atoms with Crippen molar-refractivity contribution in [1.29, 1.82) is 0 Å². The van der Waals surface area contributed by atoms with Crippen molar-refractivity contribution in [1.82, 2.24) is 29.2 Å². The van der Waals surface area contributed by atoms with Crippen LogP contribution in [-0.4, -0.2) is 144 Å². The maximum absolute atomic E-state index is 14.5. The summed E-state index contributed by atoms with van der Waals surface area (Å²) < 4.78 is 47.1. The van der Waals surface area contributed by atoms with Crippen LogP contribution < -0.4 is 44.9 Å². The topological polar surface area (TPSA) is 288 Å². The number of methoxy groups -OCH3 is 1. The van der Waals surface area contributed by atoms with Crippen molar-refractivity contribution in [2.24, 2.45) is 10.4 Å². The molecule has 0 fully saturated rings. The molecule has 2 atom stereocenters. The number of carboxylic acid groups (broad SMARTS) is 1. The fourth-order valence-electron chi connectivity index (χ4n) is 8.60. The number of terminal acetylenes is 1. The van der Waals surface area contributed by atoms with Crippen LogP contribution in [-0.2, 0) is 47.9 Å². The number of para-hydroxylation sites is 3. The second-order valence-electron chi connectivity index (χ2n) is 21.2. The highest BCUT2D eigenvalue weighted by molar-refractivity contribution is 7.51. The number of amides is 3. The molecule has 3 aliphatic rings. The standard InChI is InChI=1S/C18H17FN4O2S.C15H22ClNO2.C11H11Cl2NO2.C9H16ClN5.C3H8NO5P/c1-4-5-22-13-7-12(11(19)6-14(13)25-9-16(22)24)20-17-23-10-18(2,3)8-15(23)21-26-17;1-5-13-8-6-7-11(2)15(13)17(14(18)9-16)12(3)10-19-4;1-7-6-16-9-5-3-2-4-8(9)14(7)11(15)10(12)13;1-5-11-7-12-6(10)13-8(14-7)15-9(2,3)4;5-3(6)1-4-2-10(7,8)9/h1,6-7H,5,8-10H2,2-3H3;6-8,12H,5,9-10H2,1-4H3;2-5,7,10H,6H2,1H3;5H2,1-4H3,(H2,11,12,13,14,15);4H,1-2H2,(H,5,6)(H2,7,8,9). The van der Waals surface area contributed by atoms with E-state index in [-0.39, 0.29) is 70.8 Å². The molecule has 3 aliphatic heterocycles. The number of aliphatic carboxylic acids is 1. The van der Waals surface area contributed by atoms with Crippen molar-refractivity contribution in [3.8, 4) is 23.8 Å². The number of aryl methyl sites for hydroxylation is 2. The summed E-state index contributed by atoms with van der Waals surface area (Å²) in [6.07, 6.45) is 6.50. The number of anilines is 5. The maximum Gasteiger partial charge on any atom is 0.339 e. The fraction of sp³-hybridized carbons (Fsp3) is 0.482. The van der Waals surface area contributed by atoms with E-state index < -0.39 is 37.0 Å². The number of ether oxygens (including phenoxy) is 3. The van der Waals surface area contributed by atoms with Crippen LogP contribution in [0.15, 0.2) is 59.6 Å². The SMILES string of the molecule is C#CCN1C(=O)COc2cc(F)c(N=c3snc4n3CC(C)(C)C4)cc21.CC1COc2ccccc2N1C(=O)C(Cl)Cl.CCNc1nc(Cl)nc(NC(C)(C)C)n1.CCc1cccc(C)c1N(C(=O)CCl)C(C)COC.O=C(O)CNCP(=O)(O)O. The van der Waals surface area contributed by atoms with Crippen molar-refractivity contribution in [3.05, 3.63) is 87.5 Å². The second kappa shape index (κ2) is 33.3. The Balaban J connectivity index is 0.000000238. The molecule has 8 rings (SSSR count). The van der Waals surface area contributed by atoms with Crippen LogP contribution in [0.25, 0.3) is 0 Å². The molecule has 3 amide bonds. The van der Waals surface area contributed by atoms with Gasteiger partial charge in [-0.2, -0.15) is 19.3 Å². The summed E-state index contributed by atoms with van der Waals surface area (Å²) in [5.74, 6) is 3.01. The Morgan fingerprint density at radius 3 is 2.35 bits per heavy atom. The molecule has 0 saturated heterocycles. The Hall–Kier alpha value is -6.17. The predicted octanol–water partition coefficient (Wildman–Crippen LogP) is 8.99. The molecule has 86 heavy (non-hydrogen) atoms. The molecular formula is C56H74Cl4FN12O11PS. The van der Waals surface area contributed by atoms with Gasteiger partial charge in [-0.25, -0.2) is 9.38 Å². The first-order valence-electron chi connectivity index (χ1n) is 26.9. The molecule has 0 radical (unpaired) electrons. The molecule has 6 N–H and O–H groups in total. The smallest absolute Gasteiger partial charge is 0.339 e. The average molecular weight is 1320 g/mol. The van der Waals surface area contributed by atoms with Gasteiger partial charge in [0.2, 0.25) is 27.9 Å². The highest BCUT2D eigenvalue weighted by Crippen LogP contribution is 2.39. The van der Waals surface area contributed by atoms with E-state index in [1.165, 1.54) is 28.6 Å². The number of halogens is 5. The summed E-state index contributed by atoms with van der Waals surface area (Å²) in [4.78, 5) is 83.2. The molecule has 5 heterocycles. The third-order valence-corrected chi connectivity index (χ3v) is 14.3. The number of fused-ring (bicyclic) bond motifs is 3. The monoisotopic (exact) mass is 1310 g/mol. The summed E-state index contributed by atoms with van der Waals surface area (Å²) in [5, 5.41) is 16.4. The molecular weight excluding hydrogens is 1240 g/mol. The molecule has 2 unspecified atom stereocenters. The zero-order chi connectivity index (χ0) is 64.3. The second-order valence-corrected chi connectivity index (χ2v) is 25.3. The van der Waals surface area contributed by atoms with E-state index in [0.717, 1.165) is 54.3 Å². The molecule has 0 saturated carbocycles. The number of hydrogen-bond donors (Lipinski definition) is 6. The van der Waals surface area contributed by atoms with E-state index in [1.807, 2.05) is 89.4 Å². The Morgan fingerprint density at radius 2 is 1.74 bits per heavy atom. The van der Waals surface area contributed by atoms with Crippen LogP contribution in [0, 0.1) is 30.5 Å². The first kappa shape index (κ1) is 72.3. The first-order valence-corrected chi connectivity index (χ1v) is 31.2. The number of rotatable bonds is 16. The van der Waals surface area contributed by atoms with Crippen molar-refractivity contribution in [2.45, 2.75) is 111 Å². The molecule has 470 valence electrons. The molecule has 30 heteroatoms. The summed E-state index contributed by atoms with van der Waals surface area (Å²) in [5.41, 5.74) is 4.51. The summed E-state index contributed by atoms with van der Waals surface area (Å²) >= 11 is 24.0. The van der Waals surface area contributed by atoms with Gasteiger partial charge in [0.25, 0.3) is 11.8 Å². The predicted molar refractivity (Wildman–Crippen MR) is 335 cm³/mol. The van der Waals surface area contributed by atoms with Crippen molar-refractivity contribution < 1.29 is 57.2 Å². The van der Waals surface area contributed by atoms with Gasteiger partial charge in [-0.1, -0.05) is 80.2 Å². The van der Waals surface area contributed by atoms with Crippen LogP contribution >= 0.6 is 65.5 Å². The van der Waals surface area contributed by atoms with Crippen molar-refractivity contribution >= 4 is 124 Å². The number of carbonyl (C=O) groups excluding carboxylic acids is 3. The summed E-state index contributed by atoms with van der Waals surface area (Å²) in [6, 6.07) is 16.1. The lowest BCUT2D eigenvalue weighted by Gasteiger charge is -2.35. The van der Waals surface area contributed by atoms with Crippen LogP contribution in [0.1, 0.15) is 79.3 Å². The van der Waals surface area contributed by atoms with Crippen molar-refractivity contribution in [2.75, 3.05) is 84.1 Å². The lowest BCUT2D eigenvalue weighted by Crippen LogP contribution is -2.47. The van der Waals surface area contributed by atoms with Crippen molar-refractivity contribution in [3.63, 3.8) is 0 Å². The van der Waals surface area contributed by atoms with Crippen LogP contribution in [0.3, 0.4) is 0 Å². The lowest BCUT2D eigenvalue weighted by molar-refractivity contribution is -0.136. The first-order chi connectivity index (χ1) is 40.4. The Labute approximate surface area is 524 Å². The fourth-order valence-corrected chi connectivity index (χ4v) is 10.3. The third kappa shape index (κ3) is 21.9. The van der Waals surface area contributed by atoms with Gasteiger partial charge >= 0.3 is 13.6 Å². The number of alkyl halides is 3. The number of carbonyl (C=O) groups is 4. The highest BCUT2D eigenvalue weighted by Gasteiger charge is 2.34. The number of nitrogens with zero attached hydrogens (tertiary/aromatic N) is 9. The molecule has 23 nitrogen and oxygen atoms in total. The number of aromatic nitrogens is 5. The van der Waals surface area contributed by atoms with Gasteiger partial charge in [0.1, 0.15) is 35.5 Å². The van der Waals surface area contributed by atoms with Gasteiger partial charge in [0.15, 0.2) is 17.3 Å². The zero-order valence-corrected chi connectivity index (χ0v) is 54.4.